The molecule has 0 aliphatic carbocycles. The van der Waals surface area contributed by atoms with Crippen molar-refractivity contribution in [2.24, 2.45) is 7.05 Å². The zero-order valence-corrected chi connectivity index (χ0v) is 15.9. The fourth-order valence-electron chi connectivity index (χ4n) is 2.67. The predicted molar refractivity (Wildman–Crippen MR) is 100 cm³/mol. The van der Waals surface area contributed by atoms with Crippen LogP contribution >= 0.6 is 27.5 Å². The number of halogens is 2. The molecule has 0 N–H and O–H groups in total. The number of aryl methyl sites for hydroxylation is 2. The minimum Gasteiger partial charge on any atom is -0.495 e. The van der Waals surface area contributed by atoms with Crippen LogP contribution in [-0.2, 0) is 7.05 Å². The summed E-state index contributed by atoms with van der Waals surface area (Å²) in [5.74, 6) is 0.751. The van der Waals surface area contributed by atoms with Crippen LogP contribution < -0.4 is 10.4 Å². The molecule has 0 amide bonds. The lowest BCUT2D eigenvalue weighted by Gasteiger charge is -2.13. The second-order valence-electron chi connectivity index (χ2n) is 5.56. The molecule has 0 aliphatic heterocycles. The van der Waals surface area contributed by atoms with Crippen LogP contribution in [-0.4, -0.2) is 16.2 Å². The Morgan fingerprint density at radius 1 is 1.17 bits per heavy atom. The lowest BCUT2D eigenvalue weighted by Crippen LogP contribution is -2.20. The standard InChI is InChI=1S/C18H16BrClN2O2/c1-11-8-13(17(24-3)14(19)9-11)12-4-5-16(15(20)10-12)22-7-6-21(2)18(22)23/h4-10H,1-3H3. The number of rotatable bonds is 3. The molecule has 0 saturated heterocycles. The molecular formula is C18H16BrClN2O2. The van der Waals surface area contributed by atoms with Crippen molar-refractivity contribution in [1.82, 2.24) is 9.13 Å². The third kappa shape index (κ3) is 2.89. The Morgan fingerprint density at radius 3 is 2.50 bits per heavy atom. The van der Waals surface area contributed by atoms with Gasteiger partial charge in [-0.3, -0.25) is 4.57 Å². The summed E-state index contributed by atoms with van der Waals surface area (Å²) in [4.78, 5) is 12.1. The van der Waals surface area contributed by atoms with Crippen molar-refractivity contribution in [3.8, 4) is 22.6 Å². The molecule has 124 valence electrons. The predicted octanol–water partition coefficient (Wildman–Crippen LogP) is 4.58. The van der Waals surface area contributed by atoms with Gasteiger partial charge in [-0.1, -0.05) is 17.7 Å². The van der Waals surface area contributed by atoms with E-state index in [9.17, 15) is 4.79 Å². The smallest absolute Gasteiger partial charge is 0.332 e. The third-order valence-electron chi connectivity index (χ3n) is 3.86. The quantitative estimate of drug-likeness (QED) is 0.637. The van der Waals surface area contributed by atoms with Crippen molar-refractivity contribution >= 4 is 27.5 Å². The third-order valence-corrected chi connectivity index (χ3v) is 4.75. The molecule has 2 aromatic carbocycles. The van der Waals surface area contributed by atoms with E-state index >= 15 is 0 Å². The molecule has 1 heterocycles. The Balaban J connectivity index is 2.15. The molecule has 3 rings (SSSR count). The van der Waals surface area contributed by atoms with Crippen molar-refractivity contribution in [1.29, 1.82) is 0 Å². The number of hydrogen-bond acceptors (Lipinski definition) is 2. The van der Waals surface area contributed by atoms with E-state index < -0.39 is 0 Å². The van der Waals surface area contributed by atoms with Gasteiger partial charge >= 0.3 is 5.69 Å². The zero-order valence-electron chi connectivity index (χ0n) is 13.5. The number of nitrogens with zero attached hydrogens (tertiary/aromatic N) is 2. The zero-order chi connectivity index (χ0) is 17.4. The van der Waals surface area contributed by atoms with Gasteiger partial charge in [0.2, 0.25) is 0 Å². The van der Waals surface area contributed by atoms with Crippen LogP contribution in [0.4, 0.5) is 0 Å². The lowest BCUT2D eigenvalue weighted by molar-refractivity contribution is 0.413. The summed E-state index contributed by atoms with van der Waals surface area (Å²) >= 11 is 9.98. The molecule has 0 spiro atoms. The van der Waals surface area contributed by atoms with Crippen molar-refractivity contribution in [3.63, 3.8) is 0 Å². The maximum Gasteiger partial charge on any atom is 0.332 e. The highest BCUT2D eigenvalue weighted by atomic mass is 79.9. The first kappa shape index (κ1) is 16.9. The molecule has 0 bridgehead atoms. The molecule has 0 aliphatic rings. The summed E-state index contributed by atoms with van der Waals surface area (Å²) in [6, 6.07) is 9.67. The van der Waals surface area contributed by atoms with Gasteiger partial charge in [-0.2, -0.15) is 0 Å². The molecule has 4 nitrogen and oxygen atoms in total. The Labute approximate surface area is 153 Å². The van der Waals surface area contributed by atoms with Gasteiger partial charge in [-0.25, -0.2) is 4.79 Å². The summed E-state index contributed by atoms with van der Waals surface area (Å²) in [7, 11) is 3.34. The van der Waals surface area contributed by atoms with Gasteiger partial charge < -0.3 is 9.30 Å². The topological polar surface area (TPSA) is 36.2 Å². The van der Waals surface area contributed by atoms with E-state index in [0.29, 0.717) is 10.7 Å². The fraction of sp³-hybridized carbons (Fsp3) is 0.167. The van der Waals surface area contributed by atoms with Crippen molar-refractivity contribution < 1.29 is 4.74 Å². The monoisotopic (exact) mass is 406 g/mol. The van der Waals surface area contributed by atoms with Gasteiger partial charge in [-0.15, -0.1) is 0 Å². The van der Waals surface area contributed by atoms with E-state index in [-0.39, 0.29) is 5.69 Å². The first-order valence-electron chi connectivity index (χ1n) is 7.30. The number of ether oxygens (including phenoxy) is 1. The van der Waals surface area contributed by atoms with Crippen LogP contribution in [0.15, 0.2) is 52.0 Å². The highest BCUT2D eigenvalue weighted by molar-refractivity contribution is 9.10. The first-order chi connectivity index (χ1) is 11.4. The molecule has 6 heteroatoms. The van der Waals surface area contributed by atoms with Gasteiger partial charge in [0, 0.05) is 25.0 Å². The normalized spacial score (nSPS) is 10.9. The van der Waals surface area contributed by atoms with Crippen LogP contribution in [0.25, 0.3) is 16.8 Å². The van der Waals surface area contributed by atoms with Crippen LogP contribution in [0.2, 0.25) is 5.02 Å². The highest BCUT2D eigenvalue weighted by Gasteiger charge is 2.14. The van der Waals surface area contributed by atoms with Gasteiger partial charge in [0.25, 0.3) is 0 Å². The van der Waals surface area contributed by atoms with Gasteiger partial charge in [0.15, 0.2) is 0 Å². The van der Waals surface area contributed by atoms with Crippen LogP contribution in [0.5, 0.6) is 5.75 Å². The minimum atomic E-state index is -0.138. The molecule has 0 radical (unpaired) electrons. The Bertz CT molecular complexity index is 976. The maximum absolute atomic E-state index is 12.1. The summed E-state index contributed by atoms with van der Waals surface area (Å²) in [6.45, 7) is 2.02. The van der Waals surface area contributed by atoms with Crippen LogP contribution in [0.3, 0.4) is 0 Å². The summed E-state index contributed by atoms with van der Waals surface area (Å²) in [6.07, 6.45) is 3.40. The molecule has 0 unspecified atom stereocenters. The lowest BCUT2D eigenvalue weighted by atomic mass is 10.0. The SMILES string of the molecule is COc1c(Br)cc(C)cc1-c1ccc(-n2ccn(C)c2=O)c(Cl)c1. The largest absolute Gasteiger partial charge is 0.495 e. The van der Waals surface area contributed by atoms with Crippen molar-refractivity contribution in [2.45, 2.75) is 6.92 Å². The fourth-order valence-corrected chi connectivity index (χ4v) is 3.68. The molecule has 24 heavy (non-hydrogen) atoms. The van der Waals surface area contributed by atoms with Crippen LogP contribution in [0, 0.1) is 6.92 Å². The second kappa shape index (κ2) is 6.49. The number of methoxy groups -OCH3 is 1. The average Bonchev–Trinajstić information content (AvgIpc) is 2.86. The van der Waals surface area contributed by atoms with E-state index in [0.717, 1.165) is 26.9 Å². The van der Waals surface area contributed by atoms with Crippen molar-refractivity contribution in [3.05, 3.63) is 68.3 Å². The average molecular weight is 408 g/mol. The summed E-state index contributed by atoms with van der Waals surface area (Å²) < 4.78 is 9.43. The van der Waals surface area contributed by atoms with Gasteiger partial charge in [0.1, 0.15) is 5.75 Å². The molecule has 1 aromatic heterocycles. The van der Waals surface area contributed by atoms with Crippen LogP contribution in [0.1, 0.15) is 5.56 Å². The minimum absolute atomic E-state index is 0.138. The highest BCUT2D eigenvalue weighted by Crippen LogP contribution is 2.39. The first-order valence-corrected chi connectivity index (χ1v) is 8.48. The summed E-state index contributed by atoms with van der Waals surface area (Å²) in [5.41, 5.74) is 3.49. The van der Waals surface area contributed by atoms with E-state index in [4.69, 9.17) is 16.3 Å². The number of aromatic nitrogens is 2. The Morgan fingerprint density at radius 2 is 1.92 bits per heavy atom. The molecular weight excluding hydrogens is 392 g/mol. The van der Waals surface area contributed by atoms with E-state index in [1.54, 1.807) is 26.6 Å². The summed E-state index contributed by atoms with van der Waals surface area (Å²) in [5, 5.41) is 0.500. The van der Waals surface area contributed by atoms with E-state index in [1.165, 1.54) is 9.13 Å². The van der Waals surface area contributed by atoms with Gasteiger partial charge in [0.05, 0.1) is 22.3 Å². The second-order valence-corrected chi connectivity index (χ2v) is 6.82. The Hall–Kier alpha value is -1.98. The van der Waals surface area contributed by atoms with Crippen molar-refractivity contribution in [2.75, 3.05) is 7.11 Å². The number of imidazole rings is 1. The Kier molecular flexibility index (Phi) is 4.56. The van der Waals surface area contributed by atoms with E-state index in [2.05, 4.69) is 15.9 Å². The van der Waals surface area contributed by atoms with Gasteiger partial charge in [-0.05, 0) is 58.2 Å². The molecule has 0 atom stereocenters. The number of hydrogen-bond donors (Lipinski definition) is 0. The molecule has 0 fully saturated rings. The molecule has 3 aromatic rings. The number of benzene rings is 2. The maximum atomic E-state index is 12.1. The molecule has 0 saturated carbocycles. The van der Waals surface area contributed by atoms with E-state index in [1.807, 2.05) is 37.3 Å².